The molecule has 1 saturated heterocycles. The molecule has 1 aromatic heterocycles. The molecular formula is C20H17F4N3O3. The van der Waals surface area contributed by atoms with Crippen molar-refractivity contribution in [1.29, 1.82) is 0 Å². The lowest BCUT2D eigenvalue weighted by Gasteiger charge is -2.33. The second-order valence-corrected chi connectivity index (χ2v) is 7.12. The molecule has 2 aliphatic rings. The van der Waals surface area contributed by atoms with Gasteiger partial charge in [0.15, 0.2) is 0 Å². The van der Waals surface area contributed by atoms with Gasteiger partial charge >= 0.3 is 6.18 Å². The van der Waals surface area contributed by atoms with E-state index in [2.05, 4.69) is 4.98 Å². The van der Waals surface area contributed by atoms with Gasteiger partial charge in [-0.3, -0.25) is 14.5 Å². The van der Waals surface area contributed by atoms with Gasteiger partial charge in [-0.1, -0.05) is 0 Å². The first-order valence-electron chi connectivity index (χ1n) is 9.27. The monoisotopic (exact) mass is 423 g/mol. The van der Waals surface area contributed by atoms with Crippen molar-refractivity contribution in [2.75, 3.05) is 23.0 Å². The van der Waals surface area contributed by atoms with Gasteiger partial charge < -0.3 is 9.64 Å². The Morgan fingerprint density at radius 2 is 2.00 bits per heavy atom. The van der Waals surface area contributed by atoms with E-state index in [0.717, 1.165) is 23.1 Å². The van der Waals surface area contributed by atoms with Crippen molar-refractivity contribution in [3.05, 3.63) is 47.4 Å². The number of hydrogen-bond acceptors (Lipinski definition) is 4. The van der Waals surface area contributed by atoms with Crippen molar-refractivity contribution in [1.82, 2.24) is 4.98 Å². The number of halogens is 4. The zero-order valence-electron chi connectivity index (χ0n) is 15.9. The zero-order valence-corrected chi connectivity index (χ0v) is 15.9. The first-order chi connectivity index (χ1) is 14.1. The lowest BCUT2D eigenvalue weighted by atomic mass is 10.1. The van der Waals surface area contributed by atoms with Crippen molar-refractivity contribution in [2.45, 2.75) is 32.0 Å². The Balaban J connectivity index is 1.70. The van der Waals surface area contributed by atoms with Crippen LogP contribution in [0.4, 0.5) is 29.1 Å². The summed E-state index contributed by atoms with van der Waals surface area (Å²) in [6.45, 7) is 1.69. The molecule has 6 nitrogen and oxygen atoms in total. The molecule has 158 valence electrons. The maximum Gasteiger partial charge on any atom is 0.416 e. The van der Waals surface area contributed by atoms with Crippen molar-refractivity contribution in [3.63, 3.8) is 0 Å². The highest BCUT2D eigenvalue weighted by Gasteiger charge is 2.42. The lowest BCUT2D eigenvalue weighted by Crippen LogP contribution is -2.49. The number of nitrogens with zero attached hydrogens (tertiary/aromatic N) is 3. The van der Waals surface area contributed by atoms with E-state index in [4.69, 9.17) is 4.74 Å². The summed E-state index contributed by atoms with van der Waals surface area (Å²) in [5.74, 6) is -1.50. The number of fused-ring (bicyclic) bond motifs is 1. The molecule has 4 rings (SSSR count). The summed E-state index contributed by atoms with van der Waals surface area (Å²) in [5, 5.41) is 0. The number of rotatable bonds is 2. The number of anilines is 2. The highest BCUT2D eigenvalue weighted by atomic mass is 19.4. The van der Waals surface area contributed by atoms with E-state index >= 15 is 0 Å². The smallest absolute Gasteiger partial charge is 0.416 e. The van der Waals surface area contributed by atoms with Crippen LogP contribution < -0.4 is 14.5 Å². The van der Waals surface area contributed by atoms with Gasteiger partial charge in [0.1, 0.15) is 30.0 Å². The van der Waals surface area contributed by atoms with E-state index in [9.17, 15) is 27.2 Å². The number of hydrogen-bond donors (Lipinski definition) is 0. The van der Waals surface area contributed by atoms with Crippen molar-refractivity contribution >= 4 is 23.3 Å². The topological polar surface area (TPSA) is 62.7 Å². The molecule has 2 aliphatic heterocycles. The average Bonchev–Trinajstić information content (AvgIpc) is 3.07. The van der Waals surface area contributed by atoms with Crippen LogP contribution in [0.25, 0.3) is 0 Å². The first kappa shape index (κ1) is 20.1. The Hall–Kier alpha value is -3.17. The van der Waals surface area contributed by atoms with Gasteiger partial charge in [0.2, 0.25) is 11.8 Å². The number of carbonyl (C=O) groups is 2. The molecule has 2 amide bonds. The summed E-state index contributed by atoms with van der Waals surface area (Å²) in [4.78, 5) is 32.2. The van der Waals surface area contributed by atoms with E-state index < -0.39 is 35.4 Å². The molecule has 0 spiro atoms. The predicted molar refractivity (Wildman–Crippen MR) is 98.7 cm³/mol. The molecule has 0 saturated carbocycles. The third-order valence-corrected chi connectivity index (χ3v) is 5.06. The van der Waals surface area contributed by atoms with Crippen LogP contribution in [0.3, 0.4) is 0 Å². The molecule has 0 aliphatic carbocycles. The maximum atomic E-state index is 13.5. The first-order valence-corrected chi connectivity index (χ1v) is 9.27. The molecule has 1 aromatic carbocycles. The van der Waals surface area contributed by atoms with E-state index in [-0.39, 0.29) is 43.3 Å². The quantitative estimate of drug-likeness (QED) is 0.694. The molecule has 1 atom stereocenters. The highest BCUT2D eigenvalue weighted by Crippen LogP contribution is 2.37. The number of amides is 2. The maximum absolute atomic E-state index is 13.5. The minimum absolute atomic E-state index is 0.00793. The number of alkyl halides is 3. The summed E-state index contributed by atoms with van der Waals surface area (Å²) in [6.07, 6.45) is -4.46. The van der Waals surface area contributed by atoms with Crippen LogP contribution in [0, 0.1) is 12.7 Å². The van der Waals surface area contributed by atoms with Crippen LogP contribution in [-0.4, -0.2) is 36.0 Å². The minimum Gasteiger partial charge on any atom is -0.489 e. The second kappa shape index (κ2) is 7.26. The summed E-state index contributed by atoms with van der Waals surface area (Å²) in [7, 11) is 0. The van der Waals surface area contributed by atoms with Crippen molar-refractivity contribution < 1.29 is 31.9 Å². The second-order valence-electron chi connectivity index (χ2n) is 7.12. The van der Waals surface area contributed by atoms with E-state index in [1.807, 2.05) is 0 Å². The van der Waals surface area contributed by atoms with Gasteiger partial charge in [0.05, 0.1) is 17.8 Å². The fraction of sp³-hybridized carbons (Fsp3) is 0.350. The SMILES string of the molecule is Cc1cc(C(F)(F)F)cc(N2C(=O)CCC2C(=O)N2CCOc3cc(F)ccc32)n1. The van der Waals surface area contributed by atoms with Crippen LogP contribution in [-0.2, 0) is 15.8 Å². The Morgan fingerprint density at radius 1 is 1.23 bits per heavy atom. The van der Waals surface area contributed by atoms with E-state index in [1.165, 1.54) is 24.0 Å². The molecule has 10 heteroatoms. The third-order valence-electron chi connectivity index (χ3n) is 5.06. The number of aromatic nitrogens is 1. The zero-order chi connectivity index (χ0) is 21.6. The normalized spacial score (nSPS) is 19.0. The Labute approximate surface area is 169 Å². The van der Waals surface area contributed by atoms with Gasteiger partial charge in [0, 0.05) is 18.2 Å². The van der Waals surface area contributed by atoms with Gasteiger partial charge in [-0.2, -0.15) is 13.2 Å². The fourth-order valence-electron chi connectivity index (χ4n) is 3.75. The number of carbonyl (C=O) groups excluding carboxylic acids is 2. The van der Waals surface area contributed by atoms with Gasteiger partial charge in [0.25, 0.3) is 0 Å². The summed E-state index contributed by atoms with van der Waals surface area (Å²) >= 11 is 0. The van der Waals surface area contributed by atoms with Crippen LogP contribution in [0.2, 0.25) is 0 Å². The average molecular weight is 423 g/mol. The molecule has 30 heavy (non-hydrogen) atoms. The standard InChI is InChI=1S/C20H17F4N3O3/c1-11-8-12(20(22,23)24)9-17(25-11)27-15(4-5-18(27)28)19(29)26-6-7-30-16-10-13(21)2-3-14(16)26/h2-3,8-10,15H,4-7H2,1H3. The largest absolute Gasteiger partial charge is 0.489 e. The fourth-order valence-corrected chi connectivity index (χ4v) is 3.75. The number of aryl methyl sites for hydroxylation is 1. The molecule has 2 aromatic rings. The van der Waals surface area contributed by atoms with Crippen molar-refractivity contribution in [3.8, 4) is 5.75 Å². The van der Waals surface area contributed by atoms with E-state index in [1.54, 1.807) is 0 Å². The molecular weight excluding hydrogens is 406 g/mol. The Bertz CT molecular complexity index is 1020. The Morgan fingerprint density at radius 3 is 2.73 bits per heavy atom. The number of benzene rings is 1. The van der Waals surface area contributed by atoms with Crippen LogP contribution in [0.5, 0.6) is 5.75 Å². The molecule has 1 fully saturated rings. The third kappa shape index (κ3) is 3.57. The van der Waals surface area contributed by atoms with E-state index in [0.29, 0.717) is 5.69 Å². The molecule has 1 unspecified atom stereocenters. The molecule has 3 heterocycles. The van der Waals surface area contributed by atoms with Gasteiger partial charge in [-0.15, -0.1) is 0 Å². The summed E-state index contributed by atoms with van der Waals surface area (Å²) in [5.41, 5.74) is -0.513. The summed E-state index contributed by atoms with van der Waals surface area (Å²) < 4.78 is 58.6. The molecule has 0 bridgehead atoms. The highest BCUT2D eigenvalue weighted by molar-refractivity contribution is 6.08. The van der Waals surface area contributed by atoms with Crippen LogP contribution >= 0.6 is 0 Å². The van der Waals surface area contributed by atoms with Crippen molar-refractivity contribution in [2.24, 2.45) is 0 Å². The van der Waals surface area contributed by atoms with Gasteiger partial charge in [-0.05, 0) is 37.6 Å². The van der Waals surface area contributed by atoms with Crippen LogP contribution in [0.1, 0.15) is 24.1 Å². The van der Waals surface area contributed by atoms with Crippen LogP contribution in [0.15, 0.2) is 30.3 Å². The number of ether oxygens (including phenoxy) is 1. The Kier molecular flexibility index (Phi) is 4.87. The lowest BCUT2D eigenvalue weighted by molar-refractivity contribution is -0.137. The minimum atomic E-state index is -4.61. The molecule has 0 N–H and O–H groups in total. The molecule has 0 radical (unpaired) electrons. The van der Waals surface area contributed by atoms with Gasteiger partial charge in [-0.25, -0.2) is 9.37 Å². The number of pyridine rings is 1. The summed E-state index contributed by atoms with van der Waals surface area (Å²) in [6, 6.07) is 4.39. The predicted octanol–water partition coefficient (Wildman–Crippen LogP) is 3.47.